The predicted molar refractivity (Wildman–Crippen MR) is 81.0 cm³/mol. The summed E-state index contributed by atoms with van der Waals surface area (Å²) in [5, 5.41) is 0.432. The van der Waals surface area contributed by atoms with Gasteiger partial charge >= 0.3 is 0 Å². The Morgan fingerprint density at radius 2 is 2.00 bits per heavy atom. The lowest BCUT2D eigenvalue weighted by atomic mass is 9.79. The number of nitrogens with zero attached hydrogens (tertiary/aromatic N) is 1. The van der Waals surface area contributed by atoms with Gasteiger partial charge in [0.05, 0.1) is 10.6 Å². The Morgan fingerprint density at radius 3 is 2.70 bits per heavy atom. The summed E-state index contributed by atoms with van der Waals surface area (Å²) in [5.74, 6) is 0.945. The van der Waals surface area contributed by atoms with Gasteiger partial charge in [-0.1, -0.05) is 11.6 Å². The maximum Gasteiger partial charge on any atom is 0.250 e. The molecule has 3 rings (SSSR count). The summed E-state index contributed by atoms with van der Waals surface area (Å²) in [7, 11) is 0. The minimum absolute atomic E-state index is 0.358. The van der Waals surface area contributed by atoms with E-state index in [-0.39, 0.29) is 0 Å². The van der Waals surface area contributed by atoms with Crippen molar-refractivity contribution in [1.29, 1.82) is 0 Å². The molecule has 1 saturated carbocycles. The van der Waals surface area contributed by atoms with Crippen molar-refractivity contribution in [2.24, 2.45) is 23.3 Å². The van der Waals surface area contributed by atoms with Crippen LogP contribution in [-0.2, 0) is 0 Å². The molecule has 1 unspecified atom stereocenters. The minimum Gasteiger partial charge on any atom is -0.371 e. The predicted octanol–water partition coefficient (Wildman–Crippen LogP) is 2.00. The Bertz CT molecular complexity index is 534. The molecule has 1 heterocycles. The van der Waals surface area contributed by atoms with E-state index in [9.17, 15) is 4.79 Å². The monoisotopic (exact) mass is 293 g/mol. The van der Waals surface area contributed by atoms with Crippen LogP contribution in [0, 0.1) is 11.8 Å². The quantitative estimate of drug-likeness (QED) is 0.876. The van der Waals surface area contributed by atoms with Crippen molar-refractivity contribution in [2.45, 2.75) is 25.3 Å². The molecule has 108 valence electrons. The molecule has 0 aromatic heterocycles. The fourth-order valence-electron chi connectivity index (χ4n) is 3.58. The third-order valence-corrected chi connectivity index (χ3v) is 4.99. The summed E-state index contributed by atoms with van der Waals surface area (Å²) in [6.07, 6.45) is 3.47. The van der Waals surface area contributed by atoms with E-state index in [0.717, 1.165) is 37.5 Å². The number of hydrogen-bond donors (Lipinski definition) is 2. The van der Waals surface area contributed by atoms with Crippen LogP contribution in [0.2, 0.25) is 5.02 Å². The first-order valence-electron chi connectivity index (χ1n) is 7.14. The maximum atomic E-state index is 11.2. The first kappa shape index (κ1) is 13.7. The van der Waals surface area contributed by atoms with E-state index in [4.69, 9.17) is 23.1 Å². The van der Waals surface area contributed by atoms with Gasteiger partial charge in [0.15, 0.2) is 0 Å². The molecule has 2 aliphatic rings. The number of carbonyl (C=O) groups excluding carboxylic acids is 1. The highest BCUT2D eigenvalue weighted by Gasteiger charge is 2.36. The molecule has 1 aromatic rings. The highest BCUT2D eigenvalue weighted by Crippen LogP contribution is 2.38. The number of halogens is 1. The molecule has 1 aliphatic carbocycles. The van der Waals surface area contributed by atoms with Crippen LogP contribution >= 0.6 is 11.6 Å². The molecule has 20 heavy (non-hydrogen) atoms. The largest absolute Gasteiger partial charge is 0.371 e. The van der Waals surface area contributed by atoms with Crippen LogP contribution in [0.3, 0.4) is 0 Å². The normalized spacial score (nSPS) is 29.3. The molecule has 5 heteroatoms. The standard InChI is InChI=1S/C15H20ClN3O/c16-14-6-12(3-4-13(14)15(18)20)19-7-9-1-2-11(17)5-10(9)8-19/h3-4,6,9-11H,1-2,5,7-8,17H2,(H2,18,20)/t9-,10+,11?/m1/s1. The zero-order chi connectivity index (χ0) is 14.3. The van der Waals surface area contributed by atoms with E-state index in [1.807, 2.05) is 12.1 Å². The van der Waals surface area contributed by atoms with Crippen molar-refractivity contribution >= 4 is 23.2 Å². The second-order valence-corrected chi connectivity index (χ2v) is 6.43. The number of nitrogens with two attached hydrogens (primary N) is 2. The average Bonchev–Trinajstić information content (AvgIpc) is 2.81. The molecule has 0 radical (unpaired) electrons. The Morgan fingerprint density at radius 1 is 1.25 bits per heavy atom. The summed E-state index contributed by atoms with van der Waals surface area (Å²) in [4.78, 5) is 13.6. The van der Waals surface area contributed by atoms with Crippen LogP contribution in [0.5, 0.6) is 0 Å². The average molecular weight is 294 g/mol. The lowest BCUT2D eigenvalue weighted by Gasteiger charge is -2.27. The molecule has 1 aromatic carbocycles. The number of benzene rings is 1. The van der Waals surface area contributed by atoms with Crippen molar-refractivity contribution in [2.75, 3.05) is 18.0 Å². The highest BCUT2D eigenvalue weighted by atomic mass is 35.5. The van der Waals surface area contributed by atoms with Gasteiger partial charge in [0.25, 0.3) is 0 Å². The van der Waals surface area contributed by atoms with E-state index in [0.29, 0.717) is 22.5 Å². The van der Waals surface area contributed by atoms with Crippen molar-refractivity contribution in [1.82, 2.24) is 0 Å². The van der Waals surface area contributed by atoms with Gasteiger partial charge in [-0.3, -0.25) is 4.79 Å². The van der Waals surface area contributed by atoms with E-state index in [2.05, 4.69) is 4.90 Å². The molecule has 0 bridgehead atoms. The zero-order valence-electron chi connectivity index (χ0n) is 11.4. The molecular formula is C15H20ClN3O. The molecule has 4 nitrogen and oxygen atoms in total. The number of hydrogen-bond acceptors (Lipinski definition) is 3. The zero-order valence-corrected chi connectivity index (χ0v) is 12.1. The summed E-state index contributed by atoms with van der Waals surface area (Å²) in [6, 6.07) is 5.85. The van der Waals surface area contributed by atoms with Gasteiger partial charge in [-0.15, -0.1) is 0 Å². The molecule has 2 fully saturated rings. The smallest absolute Gasteiger partial charge is 0.250 e. The molecule has 3 atom stereocenters. The fourth-order valence-corrected chi connectivity index (χ4v) is 3.85. The first-order valence-corrected chi connectivity index (χ1v) is 7.52. The maximum absolute atomic E-state index is 11.2. The summed E-state index contributed by atoms with van der Waals surface area (Å²) < 4.78 is 0. The second kappa shape index (κ2) is 5.26. The Balaban J connectivity index is 1.78. The Labute approximate surface area is 124 Å². The van der Waals surface area contributed by atoms with Crippen LogP contribution < -0.4 is 16.4 Å². The van der Waals surface area contributed by atoms with E-state index in [1.165, 1.54) is 6.42 Å². The third kappa shape index (κ3) is 2.50. The number of fused-ring (bicyclic) bond motifs is 1. The van der Waals surface area contributed by atoms with Gasteiger partial charge in [-0.05, 0) is 49.3 Å². The Hall–Kier alpha value is -1.26. The fraction of sp³-hybridized carbons (Fsp3) is 0.533. The van der Waals surface area contributed by atoms with Gasteiger partial charge < -0.3 is 16.4 Å². The highest BCUT2D eigenvalue weighted by molar-refractivity contribution is 6.34. The van der Waals surface area contributed by atoms with E-state index >= 15 is 0 Å². The number of anilines is 1. The minimum atomic E-state index is -0.484. The number of primary amides is 1. The van der Waals surface area contributed by atoms with Crippen molar-refractivity contribution in [3.8, 4) is 0 Å². The molecule has 4 N–H and O–H groups in total. The first-order chi connectivity index (χ1) is 9.54. The van der Waals surface area contributed by atoms with Crippen LogP contribution in [0.1, 0.15) is 29.6 Å². The van der Waals surface area contributed by atoms with Crippen molar-refractivity contribution in [3.63, 3.8) is 0 Å². The summed E-state index contributed by atoms with van der Waals surface area (Å²) >= 11 is 6.13. The lowest BCUT2D eigenvalue weighted by molar-refractivity contribution is 0.100. The van der Waals surface area contributed by atoms with Crippen molar-refractivity contribution in [3.05, 3.63) is 28.8 Å². The van der Waals surface area contributed by atoms with Crippen LogP contribution in [-0.4, -0.2) is 25.0 Å². The van der Waals surface area contributed by atoms with Gasteiger partial charge in [-0.25, -0.2) is 0 Å². The molecule has 1 aliphatic heterocycles. The van der Waals surface area contributed by atoms with Crippen LogP contribution in [0.15, 0.2) is 18.2 Å². The number of amides is 1. The Kier molecular flexibility index (Phi) is 3.61. The second-order valence-electron chi connectivity index (χ2n) is 6.03. The molecule has 1 saturated heterocycles. The van der Waals surface area contributed by atoms with Crippen LogP contribution in [0.25, 0.3) is 0 Å². The number of rotatable bonds is 2. The molecule has 0 spiro atoms. The van der Waals surface area contributed by atoms with Crippen LogP contribution in [0.4, 0.5) is 5.69 Å². The molecular weight excluding hydrogens is 274 g/mol. The van der Waals surface area contributed by atoms with Gasteiger partial charge in [0.1, 0.15) is 0 Å². The number of carbonyl (C=O) groups is 1. The van der Waals surface area contributed by atoms with Gasteiger partial charge in [0.2, 0.25) is 5.91 Å². The van der Waals surface area contributed by atoms with E-state index < -0.39 is 5.91 Å². The third-order valence-electron chi connectivity index (χ3n) is 4.67. The van der Waals surface area contributed by atoms with Gasteiger partial charge in [-0.2, -0.15) is 0 Å². The summed E-state index contributed by atoms with van der Waals surface area (Å²) in [5.41, 5.74) is 12.8. The van der Waals surface area contributed by atoms with Gasteiger partial charge in [0, 0.05) is 24.8 Å². The van der Waals surface area contributed by atoms with E-state index in [1.54, 1.807) is 6.07 Å². The SMILES string of the molecule is NC(=O)c1ccc(N2C[C@H]3CCC(N)C[C@H]3C2)cc1Cl. The topological polar surface area (TPSA) is 72.4 Å². The molecule has 1 amide bonds. The summed E-state index contributed by atoms with van der Waals surface area (Å²) in [6.45, 7) is 2.09. The lowest BCUT2D eigenvalue weighted by Crippen LogP contribution is -2.32. The van der Waals surface area contributed by atoms with Crippen molar-refractivity contribution < 1.29 is 4.79 Å².